The predicted octanol–water partition coefficient (Wildman–Crippen LogP) is 3.11. The molecule has 7 nitrogen and oxygen atoms in total. The van der Waals surface area contributed by atoms with E-state index in [0.29, 0.717) is 17.6 Å². The summed E-state index contributed by atoms with van der Waals surface area (Å²) in [5.74, 6) is 1.45. The number of nitrogens with one attached hydrogen (secondary N) is 2. The molecule has 3 saturated carbocycles. The molecule has 0 saturated heterocycles. The summed E-state index contributed by atoms with van der Waals surface area (Å²) in [6.07, 6.45) is 6.91. The van der Waals surface area contributed by atoms with Crippen LogP contribution >= 0.6 is 11.3 Å². The molecule has 1 aromatic heterocycles. The summed E-state index contributed by atoms with van der Waals surface area (Å²) in [5, 5.41) is 17.6. The number of aliphatic carboxylic acids is 1. The van der Waals surface area contributed by atoms with Crippen LogP contribution in [0.25, 0.3) is 0 Å². The number of nitrogens with zero attached hydrogens (tertiary/aromatic N) is 2. The van der Waals surface area contributed by atoms with Gasteiger partial charge in [-0.15, -0.1) is 11.3 Å². The van der Waals surface area contributed by atoms with E-state index in [4.69, 9.17) is 5.11 Å². The average molecular weight is 393 g/mol. The molecule has 0 radical (unpaired) electrons. The number of amides is 2. The van der Waals surface area contributed by atoms with Gasteiger partial charge in [-0.2, -0.15) is 0 Å². The predicted molar refractivity (Wildman–Crippen MR) is 104 cm³/mol. The lowest BCUT2D eigenvalue weighted by molar-refractivity contribution is -0.139. The highest BCUT2D eigenvalue weighted by molar-refractivity contribution is 7.13. The number of urea groups is 1. The molecule has 0 aromatic carbocycles. The summed E-state index contributed by atoms with van der Waals surface area (Å²) < 4.78 is 0. The summed E-state index contributed by atoms with van der Waals surface area (Å²) in [5.41, 5.74) is 1.15. The summed E-state index contributed by atoms with van der Waals surface area (Å²) in [6.45, 7) is 2.73. The van der Waals surface area contributed by atoms with E-state index in [0.717, 1.165) is 30.4 Å². The topological polar surface area (TPSA) is 94.6 Å². The molecule has 1 aromatic rings. The third-order valence-electron chi connectivity index (χ3n) is 6.57. The number of fused-ring (bicyclic) bond motifs is 2. The van der Waals surface area contributed by atoms with Crippen molar-refractivity contribution in [1.82, 2.24) is 15.2 Å². The Balaban J connectivity index is 1.22. The van der Waals surface area contributed by atoms with E-state index < -0.39 is 5.97 Å². The van der Waals surface area contributed by atoms with E-state index in [9.17, 15) is 9.59 Å². The molecular weight excluding hydrogens is 364 g/mol. The largest absolute Gasteiger partial charge is 0.480 e. The Labute approximate surface area is 163 Å². The molecule has 8 heteroatoms. The van der Waals surface area contributed by atoms with Gasteiger partial charge in [-0.1, -0.05) is 13.3 Å². The second kappa shape index (κ2) is 7.75. The van der Waals surface area contributed by atoms with Crippen LogP contribution in [0.15, 0.2) is 5.38 Å². The molecule has 148 valence electrons. The van der Waals surface area contributed by atoms with Gasteiger partial charge < -0.3 is 10.4 Å². The van der Waals surface area contributed by atoms with Crippen molar-refractivity contribution < 1.29 is 14.7 Å². The second-order valence-corrected chi connectivity index (χ2v) is 9.09. The molecule has 1 heterocycles. The number of hydrogen-bond donors (Lipinski definition) is 3. The van der Waals surface area contributed by atoms with Crippen LogP contribution in [0, 0.1) is 11.8 Å². The van der Waals surface area contributed by atoms with E-state index in [1.54, 1.807) is 0 Å². The van der Waals surface area contributed by atoms with Crippen molar-refractivity contribution in [3.63, 3.8) is 0 Å². The number of anilines is 1. The van der Waals surface area contributed by atoms with Gasteiger partial charge in [-0.25, -0.2) is 9.78 Å². The van der Waals surface area contributed by atoms with Gasteiger partial charge in [0.25, 0.3) is 0 Å². The lowest BCUT2D eigenvalue weighted by Crippen LogP contribution is -2.55. The Morgan fingerprint density at radius 2 is 2.11 bits per heavy atom. The van der Waals surface area contributed by atoms with Crippen molar-refractivity contribution in [2.45, 2.75) is 63.5 Å². The van der Waals surface area contributed by atoms with Crippen molar-refractivity contribution in [1.29, 1.82) is 0 Å². The van der Waals surface area contributed by atoms with Gasteiger partial charge in [-0.3, -0.25) is 15.0 Å². The van der Waals surface area contributed by atoms with Crippen LogP contribution in [0.4, 0.5) is 9.93 Å². The fraction of sp³-hybridized carbons (Fsp3) is 0.737. The van der Waals surface area contributed by atoms with Crippen molar-refractivity contribution >= 4 is 28.5 Å². The van der Waals surface area contributed by atoms with Gasteiger partial charge in [0, 0.05) is 23.4 Å². The zero-order chi connectivity index (χ0) is 19.0. The zero-order valence-electron chi connectivity index (χ0n) is 15.7. The summed E-state index contributed by atoms with van der Waals surface area (Å²) >= 11 is 1.50. The SMILES string of the molecule is CCN(CC(=O)O)C1CC(NC(=O)Nc2nc(C3CC4CCC3C4)cs2)C1. The highest BCUT2D eigenvalue weighted by Crippen LogP contribution is 2.52. The van der Waals surface area contributed by atoms with Crippen LogP contribution < -0.4 is 10.6 Å². The van der Waals surface area contributed by atoms with E-state index in [2.05, 4.69) is 21.0 Å². The Morgan fingerprint density at radius 3 is 2.74 bits per heavy atom. The highest BCUT2D eigenvalue weighted by atomic mass is 32.1. The molecule has 3 aliphatic carbocycles. The maximum Gasteiger partial charge on any atom is 0.321 e. The molecule has 3 fully saturated rings. The highest BCUT2D eigenvalue weighted by Gasteiger charge is 2.41. The van der Waals surface area contributed by atoms with Gasteiger partial charge in [0.15, 0.2) is 5.13 Å². The zero-order valence-corrected chi connectivity index (χ0v) is 16.5. The number of carboxylic acid groups (broad SMARTS) is 1. The Hall–Kier alpha value is -1.67. The minimum absolute atomic E-state index is 0.0605. The minimum Gasteiger partial charge on any atom is -0.480 e. The second-order valence-electron chi connectivity index (χ2n) is 8.24. The molecule has 27 heavy (non-hydrogen) atoms. The number of hydrogen-bond acceptors (Lipinski definition) is 5. The van der Waals surface area contributed by atoms with Gasteiger partial charge in [0.1, 0.15) is 0 Å². The lowest BCUT2D eigenvalue weighted by Gasteiger charge is -2.42. The third-order valence-corrected chi connectivity index (χ3v) is 7.35. The monoisotopic (exact) mass is 392 g/mol. The van der Waals surface area contributed by atoms with Crippen LogP contribution in [-0.2, 0) is 4.79 Å². The maximum atomic E-state index is 12.2. The van der Waals surface area contributed by atoms with Crippen molar-refractivity contribution in [3.05, 3.63) is 11.1 Å². The molecule has 3 unspecified atom stereocenters. The van der Waals surface area contributed by atoms with E-state index >= 15 is 0 Å². The van der Waals surface area contributed by atoms with E-state index in [-0.39, 0.29) is 24.7 Å². The standard InChI is InChI=1S/C19H28N4O3S/c1-2-23(9-17(24)25)14-7-13(8-14)20-18(26)22-19-21-16(10-27-19)15-6-11-3-4-12(15)5-11/h10-15H,2-9H2,1H3,(H,24,25)(H2,20,21,22,26). The molecule has 2 bridgehead atoms. The van der Waals surface area contributed by atoms with Gasteiger partial charge in [0.2, 0.25) is 0 Å². The Bertz CT molecular complexity index is 703. The van der Waals surface area contributed by atoms with E-state index in [1.165, 1.54) is 37.0 Å². The molecular formula is C19H28N4O3S. The smallest absolute Gasteiger partial charge is 0.321 e. The van der Waals surface area contributed by atoms with Crippen molar-refractivity contribution in [2.75, 3.05) is 18.4 Å². The first-order valence-electron chi connectivity index (χ1n) is 10.0. The Kier molecular flexibility index (Phi) is 5.36. The van der Waals surface area contributed by atoms with Crippen LogP contribution in [-0.4, -0.2) is 52.2 Å². The molecule has 0 aliphatic heterocycles. The number of aromatic nitrogens is 1. The number of carboxylic acids is 1. The number of rotatable bonds is 7. The molecule has 3 N–H and O–H groups in total. The molecule has 3 atom stereocenters. The fourth-order valence-corrected chi connectivity index (χ4v) is 5.89. The van der Waals surface area contributed by atoms with E-state index in [1.807, 2.05) is 11.8 Å². The normalized spacial score (nSPS) is 31.7. The first kappa shape index (κ1) is 18.7. The van der Waals surface area contributed by atoms with Crippen molar-refractivity contribution in [2.24, 2.45) is 11.8 Å². The summed E-state index contributed by atoms with van der Waals surface area (Å²) in [4.78, 5) is 29.7. The minimum atomic E-state index is -0.805. The van der Waals surface area contributed by atoms with Crippen molar-refractivity contribution in [3.8, 4) is 0 Å². The molecule has 2 amide bonds. The third kappa shape index (κ3) is 4.11. The first-order valence-corrected chi connectivity index (χ1v) is 10.9. The van der Waals surface area contributed by atoms with Crippen LogP contribution in [0.1, 0.15) is 57.1 Å². The average Bonchev–Trinajstić information content (AvgIpc) is 3.32. The maximum absolute atomic E-state index is 12.2. The van der Waals surface area contributed by atoms with Gasteiger partial charge in [0.05, 0.1) is 12.2 Å². The summed E-state index contributed by atoms with van der Waals surface area (Å²) in [7, 11) is 0. The first-order chi connectivity index (χ1) is 13.0. The molecule has 3 aliphatic rings. The van der Waals surface area contributed by atoms with Gasteiger partial charge in [-0.05, 0) is 50.5 Å². The summed E-state index contributed by atoms with van der Waals surface area (Å²) in [6, 6.07) is 0.122. The van der Waals surface area contributed by atoms with Gasteiger partial charge >= 0.3 is 12.0 Å². The Morgan fingerprint density at radius 1 is 1.30 bits per heavy atom. The quantitative estimate of drug-likeness (QED) is 0.663. The van der Waals surface area contributed by atoms with Crippen LogP contribution in [0.5, 0.6) is 0 Å². The van der Waals surface area contributed by atoms with Crippen LogP contribution in [0.2, 0.25) is 0 Å². The number of carbonyl (C=O) groups is 2. The number of carbonyl (C=O) groups excluding carboxylic acids is 1. The number of likely N-dealkylation sites (N-methyl/N-ethyl adjacent to an activating group) is 1. The van der Waals surface area contributed by atoms with Crippen LogP contribution in [0.3, 0.4) is 0 Å². The fourth-order valence-electron chi connectivity index (χ4n) is 5.12. The molecule has 4 rings (SSSR count). The lowest BCUT2D eigenvalue weighted by atomic mass is 9.85. The molecule has 0 spiro atoms. The number of thiazole rings is 1.